The van der Waals surface area contributed by atoms with Crippen molar-refractivity contribution in [3.8, 4) is 5.75 Å². The molecule has 0 fully saturated rings. The predicted octanol–water partition coefficient (Wildman–Crippen LogP) is 4.18. The first-order valence-corrected chi connectivity index (χ1v) is 6.70. The summed E-state index contributed by atoms with van der Waals surface area (Å²) in [4.78, 5) is 10.6. The average Bonchev–Trinajstić information content (AvgIpc) is 2.46. The maximum Gasteiger partial charge on any atom is 0.275 e. The molecule has 0 aliphatic heterocycles. The highest BCUT2D eigenvalue weighted by Gasteiger charge is 2.14. The number of hydrogen-bond acceptors (Lipinski definition) is 4. The molecule has 2 aromatic carbocycles. The van der Waals surface area contributed by atoms with Crippen molar-refractivity contribution in [2.75, 3.05) is 12.4 Å². The SMILES string of the molecule is COc1ccc(NCc2ccc(Cl)cc2[N+](=O)[O-])cc1C. The molecule has 6 heteroatoms. The van der Waals surface area contributed by atoms with Crippen LogP contribution in [0.25, 0.3) is 0 Å². The number of nitrogens with zero attached hydrogens (tertiary/aromatic N) is 1. The van der Waals surface area contributed by atoms with Crippen LogP contribution < -0.4 is 10.1 Å². The lowest BCUT2D eigenvalue weighted by molar-refractivity contribution is -0.385. The van der Waals surface area contributed by atoms with E-state index in [1.165, 1.54) is 6.07 Å². The van der Waals surface area contributed by atoms with Crippen LogP contribution in [0.5, 0.6) is 5.75 Å². The molecule has 5 nitrogen and oxygen atoms in total. The molecule has 21 heavy (non-hydrogen) atoms. The van der Waals surface area contributed by atoms with Crippen LogP contribution in [0.4, 0.5) is 11.4 Å². The lowest BCUT2D eigenvalue weighted by Crippen LogP contribution is -2.03. The molecule has 0 amide bonds. The van der Waals surface area contributed by atoms with Crippen LogP contribution >= 0.6 is 11.6 Å². The summed E-state index contributed by atoms with van der Waals surface area (Å²) >= 11 is 5.79. The largest absolute Gasteiger partial charge is 0.496 e. The van der Waals surface area contributed by atoms with Gasteiger partial charge in [0.25, 0.3) is 5.69 Å². The second kappa shape index (κ2) is 6.45. The second-order valence-electron chi connectivity index (χ2n) is 4.57. The topological polar surface area (TPSA) is 64.4 Å². The normalized spacial score (nSPS) is 10.2. The molecule has 0 radical (unpaired) electrons. The van der Waals surface area contributed by atoms with Gasteiger partial charge in [0.1, 0.15) is 5.75 Å². The van der Waals surface area contributed by atoms with E-state index < -0.39 is 4.92 Å². The molecule has 0 aromatic heterocycles. The molecule has 0 unspecified atom stereocenters. The van der Waals surface area contributed by atoms with Crippen LogP contribution in [0, 0.1) is 17.0 Å². The number of rotatable bonds is 5. The minimum Gasteiger partial charge on any atom is -0.496 e. The third kappa shape index (κ3) is 3.64. The molecule has 0 atom stereocenters. The number of benzene rings is 2. The van der Waals surface area contributed by atoms with Crippen molar-refractivity contribution >= 4 is 23.0 Å². The number of nitrogens with one attached hydrogen (secondary N) is 1. The molecule has 2 rings (SSSR count). The molecule has 0 aliphatic carbocycles. The minimum atomic E-state index is -0.428. The van der Waals surface area contributed by atoms with Crippen LogP contribution in [0.15, 0.2) is 36.4 Å². The zero-order valence-electron chi connectivity index (χ0n) is 11.7. The Morgan fingerprint density at radius 1 is 1.29 bits per heavy atom. The fraction of sp³-hybridized carbons (Fsp3) is 0.200. The van der Waals surface area contributed by atoms with E-state index >= 15 is 0 Å². The Kier molecular flexibility index (Phi) is 4.65. The zero-order valence-corrected chi connectivity index (χ0v) is 12.5. The van der Waals surface area contributed by atoms with Gasteiger partial charge >= 0.3 is 0 Å². The van der Waals surface area contributed by atoms with Crippen LogP contribution in [-0.4, -0.2) is 12.0 Å². The molecule has 0 spiro atoms. The fourth-order valence-electron chi connectivity index (χ4n) is 2.04. The number of ether oxygens (including phenoxy) is 1. The van der Waals surface area contributed by atoms with Crippen LogP contribution in [-0.2, 0) is 6.54 Å². The van der Waals surface area contributed by atoms with Crippen LogP contribution in [0.1, 0.15) is 11.1 Å². The number of methoxy groups -OCH3 is 1. The first-order valence-electron chi connectivity index (χ1n) is 6.32. The van der Waals surface area contributed by atoms with E-state index in [0.717, 1.165) is 17.0 Å². The molecule has 0 aliphatic rings. The van der Waals surface area contributed by atoms with E-state index in [-0.39, 0.29) is 5.69 Å². The Bertz CT molecular complexity index is 674. The van der Waals surface area contributed by atoms with Gasteiger partial charge in [-0.2, -0.15) is 0 Å². The lowest BCUT2D eigenvalue weighted by Gasteiger charge is -2.10. The minimum absolute atomic E-state index is 0.0141. The smallest absolute Gasteiger partial charge is 0.275 e. The van der Waals surface area contributed by atoms with Gasteiger partial charge in [-0.15, -0.1) is 0 Å². The number of aryl methyl sites for hydroxylation is 1. The Morgan fingerprint density at radius 3 is 2.67 bits per heavy atom. The van der Waals surface area contributed by atoms with Crippen molar-refractivity contribution < 1.29 is 9.66 Å². The number of anilines is 1. The fourth-order valence-corrected chi connectivity index (χ4v) is 2.21. The van der Waals surface area contributed by atoms with Gasteiger partial charge in [-0.25, -0.2) is 0 Å². The Hall–Kier alpha value is -2.27. The van der Waals surface area contributed by atoms with E-state index in [4.69, 9.17) is 16.3 Å². The molecular weight excluding hydrogens is 292 g/mol. The summed E-state index contributed by atoms with van der Waals surface area (Å²) < 4.78 is 5.19. The molecule has 110 valence electrons. The second-order valence-corrected chi connectivity index (χ2v) is 5.00. The lowest BCUT2D eigenvalue weighted by atomic mass is 10.1. The van der Waals surface area contributed by atoms with Gasteiger partial charge in [0.05, 0.1) is 12.0 Å². The first kappa shape index (κ1) is 15.1. The molecule has 0 saturated carbocycles. The quantitative estimate of drug-likeness (QED) is 0.665. The summed E-state index contributed by atoms with van der Waals surface area (Å²) in [6, 6.07) is 10.3. The van der Waals surface area contributed by atoms with Crippen LogP contribution in [0.3, 0.4) is 0 Å². The van der Waals surface area contributed by atoms with Crippen molar-refractivity contribution in [2.45, 2.75) is 13.5 Å². The number of hydrogen-bond donors (Lipinski definition) is 1. The van der Waals surface area contributed by atoms with E-state index in [2.05, 4.69) is 5.32 Å². The van der Waals surface area contributed by atoms with Gasteiger partial charge in [-0.3, -0.25) is 10.1 Å². The van der Waals surface area contributed by atoms with Crippen LogP contribution in [0.2, 0.25) is 5.02 Å². The van der Waals surface area contributed by atoms with Gasteiger partial charge < -0.3 is 10.1 Å². The van der Waals surface area contributed by atoms with E-state index in [1.807, 2.05) is 25.1 Å². The van der Waals surface area contributed by atoms with Crippen molar-refractivity contribution in [1.29, 1.82) is 0 Å². The predicted molar refractivity (Wildman–Crippen MR) is 83.2 cm³/mol. The van der Waals surface area contributed by atoms with E-state index in [0.29, 0.717) is 17.1 Å². The summed E-state index contributed by atoms with van der Waals surface area (Å²) in [5, 5.41) is 14.5. The average molecular weight is 307 g/mol. The van der Waals surface area contributed by atoms with E-state index in [1.54, 1.807) is 19.2 Å². The standard InChI is InChI=1S/C15H15ClN2O3/c1-10-7-13(5-6-15(10)21-2)17-9-11-3-4-12(16)8-14(11)18(19)20/h3-8,17H,9H2,1-2H3. The first-order chi connectivity index (χ1) is 10.0. The summed E-state index contributed by atoms with van der Waals surface area (Å²) in [7, 11) is 1.62. The Labute approximate surface area is 127 Å². The van der Waals surface area contributed by atoms with Gasteiger partial charge in [0.15, 0.2) is 0 Å². The maximum absolute atomic E-state index is 11.0. The summed E-state index contributed by atoms with van der Waals surface area (Å²) in [6.07, 6.45) is 0. The number of halogens is 1. The molecule has 0 saturated heterocycles. The highest BCUT2D eigenvalue weighted by atomic mass is 35.5. The summed E-state index contributed by atoms with van der Waals surface area (Å²) in [5.41, 5.74) is 2.46. The highest BCUT2D eigenvalue weighted by molar-refractivity contribution is 6.30. The van der Waals surface area contributed by atoms with Gasteiger partial charge in [-0.05, 0) is 42.8 Å². The monoisotopic (exact) mass is 306 g/mol. The maximum atomic E-state index is 11.0. The van der Waals surface area contributed by atoms with Gasteiger partial charge in [0, 0.05) is 28.9 Å². The third-order valence-corrected chi connectivity index (χ3v) is 3.36. The molecule has 0 heterocycles. The molecule has 0 bridgehead atoms. The zero-order chi connectivity index (χ0) is 15.4. The Balaban J connectivity index is 2.16. The number of nitro benzene ring substituents is 1. The highest BCUT2D eigenvalue weighted by Crippen LogP contribution is 2.25. The van der Waals surface area contributed by atoms with E-state index in [9.17, 15) is 10.1 Å². The molecule has 1 N–H and O–H groups in total. The van der Waals surface area contributed by atoms with Gasteiger partial charge in [-0.1, -0.05) is 11.6 Å². The van der Waals surface area contributed by atoms with Gasteiger partial charge in [0.2, 0.25) is 0 Å². The van der Waals surface area contributed by atoms with Crippen molar-refractivity contribution in [1.82, 2.24) is 0 Å². The van der Waals surface area contributed by atoms with Crippen molar-refractivity contribution in [3.05, 3.63) is 62.7 Å². The summed E-state index contributed by atoms with van der Waals surface area (Å²) in [5.74, 6) is 0.804. The summed E-state index contributed by atoms with van der Waals surface area (Å²) in [6.45, 7) is 2.29. The molecule has 2 aromatic rings. The number of nitro groups is 1. The van der Waals surface area contributed by atoms with Crippen molar-refractivity contribution in [3.63, 3.8) is 0 Å². The van der Waals surface area contributed by atoms with Crippen molar-refractivity contribution in [2.24, 2.45) is 0 Å². The third-order valence-electron chi connectivity index (χ3n) is 3.12. The molecular formula is C15H15ClN2O3. The Morgan fingerprint density at radius 2 is 2.05 bits per heavy atom.